The lowest BCUT2D eigenvalue weighted by Crippen LogP contribution is -2.30. The molecule has 0 bridgehead atoms. The Balaban J connectivity index is 1.21. The lowest BCUT2D eigenvalue weighted by molar-refractivity contribution is 0.0929. The summed E-state index contributed by atoms with van der Waals surface area (Å²) in [6, 6.07) is 14.7. The van der Waals surface area contributed by atoms with E-state index in [9.17, 15) is 9.59 Å². The van der Waals surface area contributed by atoms with E-state index in [0.717, 1.165) is 35.1 Å². The van der Waals surface area contributed by atoms with Gasteiger partial charge >= 0.3 is 0 Å². The summed E-state index contributed by atoms with van der Waals surface area (Å²) in [5.41, 5.74) is 4.24. The number of hydrogen-bond donors (Lipinski definition) is 3. The lowest BCUT2D eigenvalue weighted by atomic mass is 10.0. The molecule has 3 heterocycles. The molecule has 3 N–H and O–H groups in total. The summed E-state index contributed by atoms with van der Waals surface area (Å²) in [5, 5.41) is 18.0. The number of methoxy groups -OCH3 is 1. The first-order chi connectivity index (χ1) is 18.6. The van der Waals surface area contributed by atoms with Crippen LogP contribution in [0.5, 0.6) is 5.75 Å². The van der Waals surface area contributed by atoms with Crippen molar-refractivity contribution in [3.8, 4) is 17.1 Å². The highest BCUT2D eigenvalue weighted by Gasteiger charge is 2.27. The van der Waals surface area contributed by atoms with Crippen molar-refractivity contribution < 1.29 is 14.3 Å². The molecule has 0 unspecified atom stereocenters. The minimum absolute atomic E-state index is 0.0714. The fourth-order valence-corrected chi connectivity index (χ4v) is 4.64. The highest BCUT2D eigenvalue weighted by Crippen LogP contribution is 2.33. The Bertz CT molecular complexity index is 1650. The molecule has 5 aromatic rings. The number of benzene rings is 2. The van der Waals surface area contributed by atoms with E-state index in [2.05, 4.69) is 46.9 Å². The van der Waals surface area contributed by atoms with Gasteiger partial charge in [-0.1, -0.05) is 24.3 Å². The molecule has 3 aromatic heterocycles. The topological polar surface area (TPSA) is 152 Å². The Morgan fingerprint density at radius 2 is 2.08 bits per heavy atom. The SMILES string of the molecule is COc1cccc(CNC(=O)c2cc(C(=O)N[C@H]3CCc4cc(-c5nnc[nH]5)ccc43)n3ncnc3n2)c1. The summed E-state index contributed by atoms with van der Waals surface area (Å²) in [4.78, 5) is 37.7. The van der Waals surface area contributed by atoms with Crippen LogP contribution in [-0.2, 0) is 13.0 Å². The van der Waals surface area contributed by atoms with Gasteiger partial charge in [0.2, 0.25) is 0 Å². The second-order valence-electron chi connectivity index (χ2n) is 8.85. The molecule has 0 saturated heterocycles. The summed E-state index contributed by atoms with van der Waals surface area (Å²) in [5.74, 6) is 0.748. The van der Waals surface area contributed by atoms with Crippen LogP contribution < -0.4 is 15.4 Å². The Morgan fingerprint density at radius 1 is 1.16 bits per heavy atom. The molecule has 1 atom stereocenters. The molecule has 2 aromatic carbocycles. The van der Waals surface area contributed by atoms with Gasteiger partial charge in [0.05, 0.1) is 13.2 Å². The molecular weight excluding hydrogens is 486 g/mol. The molecule has 0 fully saturated rings. The van der Waals surface area contributed by atoms with E-state index in [1.807, 2.05) is 36.4 Å². The second-order valence-corrected chi connectivity index (χ2v) is 8.85. The van der Waals surface area contributed by atoms with Crippen LogP contribution in [0.1, 0.15) is 50.1 Å². The number of H-pyrrole nitrogens is 1. The van der Waals surface area contributed by atoms with Gasteiger partial charge in [0.15, 0.2) is 5.82 Å². The number of aryl methyl sites for hydroxylation is 1. The highest BCUT2D eigenvalue weighted by molar-refractivity contribution is 5.98. The number of rotatable bonds is 7. The minimum Gasteiger partial charge on any atom is -0.497 e. The number of carbonyl (C=O) groups excluding carboxylic acids is 2. The molecule has 6 rings (SSSR count). The number of fused-ring (bicyclic) bond motifs is 2. The van der Waals surface area contributed by atoms with E-state index in [1.165, 1.54) is 16.9 Å². The summed E-state index contributed by atoms with van der Waals surface area (Å²) >= 11 is 0. The summed E-state index contributed by atoms with van der Waals surface area (Å²) < 4.78 is 6.56. The molecule has 0 radical (unpaired) electrons. The maximum Gasteiger partial charge on any atom is 0.270 e. The summed E-state index contributed by atoms with van der Waals surface area (Å²) in [6.45, 7) is 0.270. The van der Waals surface area contributed by atoms with E-state index in [4.69, 9.17) is 4.74 Å². The summed E-state index contributed by atoms with van der Waals surface area (Å²) in [7, 11) is 1.59. The predicted molar refractivity (Wildman–Crippen MR) is 135 cm³/mol. The highest BCUT2D eigenvalue weighted by atomic mass is 16.5. The Hall–Kier alpha value is -5.13. The van der Waals surface area contributed by atoms with E-state index in [0.29, 0.717) is 11.6 Å². The largest absolute Gasteiger partial charge is 0.497 e. The van der Waals surface area contributed by atoms with Gasteiger partial charge in [0, 0.05) is 18.2 Å². The lowest BCUT2D eigenvalue weighted by Gasteiger charge is -2.15. The maximum absolute atomic E-state index is 13.4. The van der Waals surface area contributed by atoms with Crippen LogP contribution in [0.25, 0.3) is 17.2 Å². The molecular formula is C26H23N9O3. The molecule has 12 nitrogen and oxygen atoms in total. The molecule has 2 amide bonds. The van der Waals surface area contributed by atoms with Crippen molar-refractivity contribution >= 4 is 17.6 Å². The Labute approximate surface area is 216 Å². The number of nitrogens with zero attached hydrogens (tertiary/aromatic N) is 6. The van der Waals surface area contributed by atoms with Gasteiger partial charge in [-0.25, -0.2) is 4.98 Å². The first kappa shape index (κ1) is 23.3. The molecule has 0 aliphatic heterocycles. The molecule has 38 heavy (non-hydrogen) atoms. The third-order valence-corrected chi connectivity index (χ3v) is 6.52. The zero-order valence-corrected chi connectivity index (χ0v) is 20.4. The monoisotopic (exact) mass is 509 g/mol. The van der Waals surface area contributed by atoms with Gasteiger partial charge in [-0.15, -0.1) is 10.2 Å². The minimum atomic E-state index is -0.432. The van der Waals surface area contributed by atoms with Gasteiger partial charge in [-0.3, -0.25) is 9.59 Å². The van der Waals surface area contributed by atoms with Crippen LogP contribution in [-0.4, -0.2) is 53.7 Å². The molecule has 12 heteroatoms. The van der Waals surface area contributed by atoms with Gasteiger partial charge in [-0.05, 0) is 47.7 Å². The molecule has 1 aliphatic rings. The fourth-order valence-electron chi connectivity index (χ4n) is 4.64. The quantitative estimate of drug-likeness (QED) is 0.302. The second kappa shape index (κ2) is 9.73. The average Bonchev–Trinajstić information content (AvgIpc) is 3.72. The smallest absolute Gasteiger partial charge is 0.270 e. The first-order valence-corrected chi connectivity index (χ1v) is 12.0. The number of hydrogen-bond acceptors (Lipinski definition) is 8. The number of aromatic nitrogens is 7. The van der Waals surface area contributed by atoms with Crippen molar-refractivity contribution in [1.82, 2.24) is 45.4 Å². The molecule has 0 saturated carbocycles. The van der Waals surface area contributed by atoms with E-state index in [-0.39, 0.29) is 35.7 Å². The van der Waals surface area contributed by atoms with E-state index >= 15 is 0 Å². The van der Waals surface area contributed by atoms with Crippen LogP contribution >= 0.6 is 0 Å². The van der Waals surface area contributed by atoms with Crippen molar-refractivity contribution in [3.05, 3.63) is 89.3 Å². The van der Waals surface area contributed by atoms with Crippen molar-refractivity contribution in [2.45, 2.75) is 25.4 Å². The third kappa shape index (κ3) is 4.43. The van der Waals surface area contributed by atoms with Gasteiger partial charge in [0.25, 0.3) is 17.6 Å². The molecule has 1 aliphatic carbocycles. The Kier molecular flexibility index (Phi) is 5.96. The number of carbonyl (C=O) groups is 2. The van der Waals surface area contributed by atoms with Gasteiger partial charge in [-0.2, -0.15) is 14.6 Å². The fraction of sp³-hybridized carbons (Fsp3) is 0.192. The molecule has 0 spiro atoms. The van der Waals surface area contributed by atoms with Gasteiger partial charge in [0.1, 0.15) is 29.8 Å². The first-order valence-electron chi connectivity index (χ1n) is 12.0. The van der Waals surface area contributed by atoms with Crippen molar-refractivity contribution in [1.29, 1.82) is 0 Å². The number of nitrogens with one attached hydrogen (secondary N) is 3. The maximum atomic E-state index is 13.4. The summed E-state index contributed by atoms with van der Waals surface area (Å²) in [6.07, 6.45) is 4.40. The van der Waals surface area contributed by atoms with E-state index in [1.54, 1.807) is 13.4 Å². The number of amides is 2. The average molecular weight is 510 g/mol. The standard InChI is InChI=1S/C26H23N9O3/c1-38-18-4-2-3-15(9-18)12-27-24(36)21-11-22(35-26(33-21)29-14-31-35)25(37)32-20-8-6-16-10-17(5-7-19(16)20)23-28-13-30-34-23/h2-5,7,9-11,13-14,20H,6,8,12H2,1H3,(H,27,36)(H,32,37)(H,28,30,34)/t20-/m0/s1. The van der Waals surface area contributed by atoms with Crippen molar-refractivity contribution in [2.24, 2.45) is 0 Å². The van der Waals surface area contributed by atoms with Crippen LogP contribution in [0.3, 0.4) is 0 Å². The Morgan fingerprint density at radius 3 is 2.92 bits per heavy atom. The number of ether oxygens (including phenoxy) is 1. The van der Waals surface area contributed by atoms with Crippen LogP contribution in [0.4, 0.5) is 0 Å². The van der Waals surface area contributed by atoms with Crippen molar-refractivity contribution in [3.63, 3.8) is 0 Å². The molecule has 190 valence electrons. The number of aromatic amines is 1. The normalized spacial score (nSPS) is 14.3. The zero-order valence-electron chi connectivity index (χ0n) is 20.4. The third-order valence-electron chi connectivity index (χ3n) is 6.52. The van der Waals surface area contributed by atoms with E-state index < -0.39 is 5.91 Å². The van der Waals surface area contributed by atoms with Crippen LogP contribution in [0.15, 0.2) is 61.2 Å². The van der Waals surface area contributed by atoms with Gasteiger partial charge < -0.3 is 20.4 Å². The van der Waals surface area contributed by atoms with Crippen LogP contribution in [0.2, 0.25) is 0 Å². The van der Waals surface area contributed by atoms with Crippen LogP contribution in [0, 0.1) is 0 Å². The van der Waals surface area contributed by atoms with Crippen molar-refractivity contribution in [2.75, 3.05) is 7.11 Å². The zero-order chi connectivity index (χ0) is 26.1. The predicted octanol–water partition coefficient (Wildman–Crippen LogP) is 2.27.